The van der Waals surface area contributed by atoms with Gasteiger partial charge in [0.15, 0.2) is 0 Å². The SMILES string of the molecule is CN.FC1(F)CCCCC1. The highest BCUT2D eigenvalue weighted by Gasteiger charge is 2.30. The Labute approximate surface area is 60.6 Å². The molecule has 0 aromatic carbocycles. The minimum absolute atomic E-state index is 0.118. The minimum atomic E-state index is -2.32. The Balaban J connectivity index is 0.000000371. The molecular formula is C7H15F2N. The van der Waals surface area contributed by atoms with E-state index in [0.29, 0.717) is 12.8 Å². The van der Waals surface area contributed by atoms with E-state index in [4.69, 9.17) is 0 Å². The molecule has 0 saturated heterocycles. The summed E-state index contributed by atoms with van der Waals surface area (Å²) in [6.07, 6.45) is 2.66. The molecule has 0 aliphatic heterocycles. The van der Waals surface area contributed by atoms with Crippen LogP contribution in [0, 0.1) is 0 Å². The fourth-order valence-corrected chi connectivity index (χ4v) is 1.07. The van der Waals surface area contributed by atoms with E-state index in [2.05, 4.69) is 5.73 Å². The topological polar surface area (TPSA) is 26.0 Å². The van der Waals surface area contributed by atoms with Gasteiger partial charge in [-0.2, -0.15) is 0 Å². The molecule has 0 aromatic rings. The van der Waals surface area contributed by atoms with E-state index in [1.807, 2.05) is 0 Å². The van der Waals surface area contributed by atoms with Gasteiger partial charge in [0.05, 0.1) is 0 Å². The third kappa shape index (κ3) is 3.77. The van der Waals surface area contributed by atoms with Crippen molar-refractivity contribution in [3.05, 3.63) is 0 Å². The van der Waals surface area contributed by atoms with Gasteiger partial charge in [0.25, 0.3) is 0 Å². The summed E-state index contributed by atoms with van der Waals surface area (Å²) in [6.45, 7) is 0. The molecule has 0 heterocycles. The van der Waals surface area contributed by atoms with Gasteiger partial charge in [-0.3, -0.25) is 0 Å². The monoisotopic (exact) mass is 151 g/mol. The first kappa shape index (κ1) is 9.82. The Hall–Kier alpha value is -0.180. The molecule has 1 nitrogen and oxygen atoms in total. The summed E-state index contributed by atoms with van der Waals surface area (Å²) in [4.78, 5) is 0. The van der Waals surface area contributed by atoms with Gasteiger partial charge in [-0.05, 0) is 19.9 Å². The van der Waals surface area contributed by atoms with Gasteiger partial charge in [0.2, 0.25) is 5.92 Å². The van der Waals surface area contributed by atoms with E-state index < -0.39 is 5.92 Å². The fraction of sp³-hybridized carbons (Fsp3) is 1.00. The molecule has 0 amide bonds. The first-order chi connectivity index (χ1) is 4.71. The van der Waals surface area contributed by atoms with Gasteiger partial charge in [-0.15, -0.1) is 0 Å². The summed E-state index contributed by atoms with van der Waals surface area (Å²) in [5.74, 6) is -2.32. The maximum Gasteiger partial charge on any atom is 0.248 e. The van der Waals surface area contributed by atoms with Crippen LogP contribution in [0.5, 0.6) is 0 Å². The Morgan fingerprint density at radius 3 is 1.60 bits per heavy atom. The van der Waals surface area contributed by atoms with Crippen LogP contribution in [-0.4, -0.2) is 13.0 Å². The molecule has 1 saturated carbocycles. The average Bonchev–Trinajstić information content (AvgIpc) is 1.92. The summed E-state index contributed by atoms with van der Waals surface area (Å²) in [5, 5.41) is 0. The summed E-state index contributed by atoms with van der Waals surface area (Å²) in [5.41, 5.74) is 4.50. The van der Waals surface area contributed by atoms with Crippen molar-refractivity contribution in [1.82, 2.24) is 0 Å². The van der Waals surface area contributed by atoms with Crippen molar-refractivity contribution in [2.45, 2.75) is 38.0 Å². The number of nitrogens with two attached hydrogens (primary N) is 1. The second-order valence-corrected chi connectivity index (χ2v) is 2.42. The average molecular weight is 151 g/mol. The zero-order chi connectivity index (χ0) is 8.04. The van der Waals surface area contributed by atoms with Gasteiger partial charge < -0.3 is 5.73 Å². The van der Waals surface area contributed by atoms with Crippen molar-refractivity contribution in [3.63, 3.8) is 0 Å². The lowest BCUT2D eigenvalue weighted by atomic mass is 9.97. The lowest BCUT2D eigenvalue weighted by Gasteiger charge is -2.20. The number of hydrogen-bond acceptors (Lipinski definition) is 1. The highest BCUT2D eigenvalue weighted by Crippen LogP contribution is 2.32. The van der Waals surface area contributed by atoms with E-state index in [-0.39, 0.29) is 12.8 Å². The van der Waals surface area contributed by atoms with Crippen molar-refractivity contribution in [2.75, 3.05) is 7.05 Å². The Morgan fingerprint density at radius 1 is 1.00 bits per heavy atom. The van der Waals surface area contributed by atoms with Gasteiger partial charge in [-0.1, -0.05) is 6.42 Å². The van der Waals surface area contributed by atoms with Crippen LogP contribution in [0.4, 0.5) is 8.78 Å². The molecule has 0 aromatic heterocycles. The number of alkyl halides is 2. The predicted octanol–water partition coefficient (Wildman–Crippen LogP) is 2.16. The normalized spacial score (nSPS) is 22.8. The van der Waals surface area contributed by atoms with Crippen LogP contribution in [0.3, 0.4) is 0 Å². The Kier molecular flexibility index (Phi) is 4.52. The number of hydrogen-bond donors (Lipinski definition) is 1. The van der Waals surface area contributed by atoms with E-state index in [1.54, 1.807) is 0 Å². The van der Waals surface area contributed by atoms with Gasteiger partial charge in [-0.25, -0.2) is 8.78 Å². The predicted molar refractivity (Wildman–Crippen MR) is 38.1 cm³/mol. The van der Waals surface area contributed by atoms with Crippen molar-refractivity contribution in [1.29, 1.82) is 0 Å². The zero-order valence-electron chi connectivity index (χ0n) is 6.37. The standard InChI is InChI=1S/C6H10F2.CH5N/c7-6(8)4-2-1-3-5-6;1-2/h1-5H2;2H2,1H3. The first-order valence-electron chi connectivity index (χ1n) is 3.66. The Bertz CT molecular complexity index is 75.7. The molecule has 10 heavy (non-hydrogen) atoms. The van der Waals surface area contributed by atoms with Crippen LogP contribution in [0.1, 0.15) is 32.1 Å². The molecule has 0 unspecified atom stereocenters. The number of halogens is 2. The minimum Gasteiger partial charge on any atom is -0.333 e. The van der Waals surface area contributed by atoms with E-state index in [1.165, 1.54) is 7.05 Å². The maximum atomic E-state index is 12.2. The summed E-state index contributed by atoms with van der Waals surface area (Å²) < 4.78 is 24.4. The first-order valence-corrected chi connectivity index (χ1v) is 3.66. The van der Waals surface area contributed by atoms with Crippen LogP contribution in [-0.2, 0) is 0 Å². The largest absolute Gasteiger partial charge is 0.333 e. The van der Waals surface area contributed by atoms with Gasteiger partial charge in [0, 0.05) is 12.8 Å². The molecule has 0 atom stereocenters. The summed E-state index contributed by atoms with van der Waals surface area (Å²) >= 11 is 0. The summed E-state index contributed by atoms with van der Waals surface area (Å²) in [6, 6.07) is 0. The molecule has 1 aliphatic rings. The number of rotatable bonds is 0. The molecule has 1 rings (SSSR count). The van der Waals surface area contributed by atoms with E-state index in [9.17, 15) is 8.78 Å². The lowest BCUT2D eigenvalue weighted by molar-refractivity contribution is -0.0337. The van der Waals surface area contributed by atoms with Crippen LogP contribution in [0.2, 0.25) is 0 Å². The summed E-state index contributed by atoms with van der Waals surface area (Å²) in [7, 11) is 1.50. The molecule has 0 spiro atoms. The molecule has 1 aliphatic carbocycles. The second kappa shape index (κ2) is 4.61. The lowest BCUT2D eigenvalue weighted by Crippen LogP contribution is -2.18. The third-order valence-electron chi connectivity index (χ3n) is 1.59. The van der Waals surface area contributed by atoms with Crippen molar-refractivity contribution in [2.24, 2.45) is 5.73 Å². The highest BCUT2D eigenvalue weighted by molar-refractivity contribution is 4.70. The molecule has 0 radical (unpaired) electrons. The van der Waals surface area contributed by atoms with Crippen molar-refractivity contribution < 1.29 is 8.78 Å². The van der Waals surface area contributed by atoms with Crippen molar-refractivity contribution >= 4 is 0 Å². The molecule has 3 heteroatoms. The van der Waals surface area contributed by atoms with E-state index >= 15 is 0 Å². The second-order valence-electron chi connectivity index (χ2n) is 2.42. The van der Waals surface area contributed by atoms with Crippen LogP contribution < -0.4 is 5.73 Å². The van der Waals surface area contributed by atoms with Gasteiger partial charge >= 0.3 is 0 Å². The van der Waals surface area contributed by atoms with Crippen LogP contribution in [0.15, 0.2) is 0 Å². The molecule has 2 N–H and O–H groups in total. The van der Waals surface area contributed by atoms with E-state index in [0.717, 1.165) is 6.42 Å². The highest BCUT2D eigenvalue weighted by atomic mass is 19.3. The molecule has 0 bridgehead atoms. The molecular weight excluding hydrogens is 136 g/mol. The Morgan fingerprint density at radius 2 is 1.40 bits per heavy atom. The molecule has 62 valence electrons. The quantitative estimate of drug-likeness (QED) is 0.564. The van der Waals surface area contributed by atoms with Crippen LogP contribution in [0.25, 0.3) is 0 Å². The van der Waals surface area contributed by atoms with Crippen molar-refractivity contribution in [3.8, 4) is 0 Å². The maximum absolute atomic E-state index is 12.2. The van der Waals surface area contributed by atoms with Crippen LogP contribution >= 0.6 is 0 Å². The molecule has 1 fully saturated rings. The fourth-order valence-electron chi connectivity index (χ4n) is 1.07. The smallest absolute Gasteiger partial charge is 0.248 e. The zero-order valence-corrected chi connectivity index (χ0v) is 6.37. The third-order valence-corrected chi connectivity index (χ3v) is 1.59. The van der Waals surface area contributed by atoms with Gasteiger partial charge in [0.1, 0.15) is 0 Å².